The van der Waals surface area contributed by atoms with Gasteiger partial charge in [0, 0.05) is 12.6 Å². The molecule has 3 aromatic rings. The third-order valence-corrected chi connectivity index (χ3v) is 3.56. The van der Waals surface area contributed by atoms with Crippen molar-refractivity contribution < 1.29 is 17.6 Å². The second kappa shape index (κ2) is 6.54. The number of hydrogen-bond acceptors (Lipinski definition) is 5. The summed E-state index contributed by atoms with van der Waals surface area (Å²) >= 11 is 0. The van der Waals surface area contributed by atoms with Crippen LogP contribution in [0.3, 0.4) is 0 Å². The van der Waals surface area contributed by atoms with Crippen LogP contribution in [-0.4, -0.2) is 22.2 Å². The van der Waals surface area contributed by atoms with Gasteiger partial charge in [-0.15, -0.1) is 5.10 Å². The summed E-state index contributed by atoms with van der Waals surface area (Å²) in [5.41, 5.74) is -0.0867. The molecule has 2 heterocycles. The molecular weight excluding hydrogens is 333 g/mol. The Morgan fingerprint density at radius 2 is 1.96 bits per heavy atom. The average Bonchev–Trinajstić information content (AvgIpc) is 2.99. The van der Waals surface area contributed by atoms with E-state index in [4.69, 9.17) is 4.42 Å². The SMILES string of the molecule is Cc1ccc(CN(C)c2nncc(-c3cccc(C(F)(F)F)c3)n2)o1. The van der Waals surface area contributed by atoms with Gasteiger partial charge in [0.15, 0.2) is 0 Å². The van der Waals surface area contributed by atoms with Gasteiger partial charge in [-0.2, -0.15) is 18.3 Å². The molecule has 0 saturated carbocycles. The van der Waals surface area contributed by atoms with Crippen LogP contribution in [0.4, 0.5) is 19.1 Å². The van der Waals surface area contributed by atoms with Crippen LogP contribution in [0.15, 0.2) is 47.0 Å². The molecule has 5 nitrogen and oxygen atoms in total. The predicted octanol–water partition coefficient (Wildman–Crippen LogP) is 4.10. The summed E-state index contributed by atoms with van der Waals surface area (Å²) in [5, 5.41) is 7.79. The number of anilines is 1. The van der Waals surface area contributed by atoms with Gasteiger partial charge < -0.3 is 9.32 Å². The van der Waals surface area contributed by atoms with Crippen LogP contribution in [-0.2, 0) is 12.7 Å². The second-order valence-electron chi connectivity index (χ2n) is 5.59. The zero-order chi connectivity index (χ0) is 18.0. The molecule has 0 saturated heterocycles. The van der Waals surface area contributed by atoms with Crippen LogP contribution < -0.4 is 4.90 Å². The highest BCUT2D eigenvalue weighted by molar-refractivity contribution is 5.60. The summed E-state index contributed by atoms with van der Waals surface area (Å²) < 4.78 is 44.1. The third-order valence-electron chi connectivity index (χ3n) is 3.56. The van der Waals surface area contributed by atoms with E-state index >= 15 is 0 Å². The number of aromatic nitrogens is 3. The minimum atomic E-state index is -4.41. The second-order valence-corrected chi connectivity index (χ2v) is 5.59. The van der Waals surface area contributed by atoms with Gasteiger partial charge in [0.1, 0.15) is 11.5 Å². The standard InChI is InChI=1S/C17H15F3N4O/c1-11-6-7-14(25-11)10-24(2)16-22-15(9-21-23-16)12-4-3-5-13(8-12)17(18,19)20/h3-9H,10H2,1-2H3. The van der Waals surface area contributed by atoms with E-state index in [1.165, 1.54) is 12.3 Å². The molecule has 1 aromatic carbocycles. The van der Waals surface area contributed by atoms with Crippen molar-refractivity contribution in [2.75, 3.05) is 11.9 Å². The van der Waals surface area contributed by atoms with E-state index < -0.39 is 11.7 Å². The first-order valence-electron chi connectivity index (χ1n) is 7.47. The summed E-state index contributed by atoms with van der Waals surface area (Å²) in [6.07, 6.45) is -3.07. The lowest BCUT2D eigenvalue weighted by molar-refractivity contribution is -0.137. The van der Waals surface area contributed by atoms with Gasteiger partial charge in [-0.25, -0.2) is 4.98 Å². The summed E-state index contributed by atoms with van der Waals surface area (Å²) in [6, 6.07) is 8.65. The van der Waals surface area contributed by atoms with Crippen molar-refractivity contribution in [3.63, 3.8) is 0 Å². The zero-order valence-corrected chi connectivity index (χ0v) is 13.6. The first kappa shape index (κ1) is 16.9. The Labute approximate surface area is 142 Å². The van der Waals surface area contributed by atoms with Crippen molar-refractivity contribution in [2.45, 2.75) is 19.6 Å². The van der Waals surface area contributed by atoms with E-state index in [9.17, 15) is 13.2 Å². The quantitative estimate of drug-likeness (QED) is 0.711. The van der Waals surface area contributed by atoms with Crippen LogP contribution in [0.5, 0.6) is 0 Å². The molecule has 0 aliphatic carbocycles. The topological polar surface area (TPSA) is 55.1 Å². The lowest BCUT2D eigenvalue weighted by Gasteiger charge is -2.15. The third kappa shape index (κ3) is 3.96. The Hall–Kier alpha value is -2.90. The average molecular weight is 348 g/mol. The minimum absolute atomic E-state index is 0.295. The maximum atomic E-state index is 12.9. The molecule has 130 valence electrons. The number of aryl methyl sites for hydroxylation is 1. The monoisotopic (exact) mass is 348 g/mol. The lowest BCUT2D eigenvalue weighted by atomic mass is 10.1. The van der Waals surface area contributed by atoms with Crippen molar-refractivity contribution in [1.29, 1.82) is 0 Å². The molecule has 0 unspecified atom stereocenters. The predicted molar refractivity (Wildman–Crippen MR) is 85.8 cm³/mol. The van der Waals surface area contributed by atoms with E-state index in [0.717, 1.165) is 23.7 Å². The van der Waals surface area contributed by atoms with Crippen LogP contribution in [0.2, 0.25) is 0 Å². The molecular formula is C17H15F3N4O. The molecule has 8 heteroatoms. The molecule has 0 fully saturated rings. The Kier molecular flexibility index (Phi) is 4.43. The zero-order valence-electron chi connectivity index (χ0n) is 13.6. The number of rotatable bonds is 4. The molecule has 3 rings (SSSR count). The van der Waals surface area contributed by atoms with Crippen molar-refractivity contribution in [3.05, 3.63) is 59.7 Å². The summed E-state index contributed by atoms with van der Waals surface area (Å²) in [4.78, 5) is 6.02. The molecule has 0 radical (unpaired) electrons. The Morgan fingerprint density at radius 3 is 2.64 bits per heavy atom. The Morgan fingerprint density at radius 1 is 1.16 bits per heavy atom. The highest BCUT2D eigenvalue weighted by Gasteiger charge is 2.30. The highest BCUT2D eigenvalue weighted by Crippen LogP contribution is 2.31. The van der Waals surface area contributed by atoms with Gasteiger partial charge >= 0.3 is 6.18 Å². The van der Waals surface area contributed by atoms with Crippen LogP contribution in [0.25, 0.3) is 11.3 Å². The maximum Gasteiger partial charge on any atom is 0.416 e. The maximum absolute atomic E-state index is 12.9. The van der Waals surface area contributed by atoms with E-state index in [1.54, 1.807) is 18.0 Å². The number of hydrogen-bond donors (Lipinski definition) is 0. The van der Waals surface area contributed by atoms with Crippen molar-refractivity contribution in [1.82, 2.24) is 15.2 Å². The van der Waals surface area contributed by atoms with E-state index in [1.807, 2.05) is 19.1 Å². The van der Waals surface area contributed by atoms with Crippen LogP contribution in [0, 0.1) is 6.92 Å². The molecule has 0 N–H and O–H groups in total. The first-order valence-corrected chi connectivity index (χ1v) is 7.47. The summed E-state index contributed by atoms with van der Waals surface area (Å²) in [6.45, 7) is 2.26. The molecule has 0 bridgehead atoms. The normalized spacial score (nSPS) is 11.6. The number of alkyl halides is 3. The number of benzene rings is 1. The number of nitrogens with zero attached hydrogens (tertiary/aromatic N) is 4. The lowest BCUT2D eigenvalue weighted by Crippen LogP contribution is -2.19. The Balaban J connectivity index is 1.86. The van der Waals surface area contributed by atoms with Gasteiger partial charge in [0.05, 0.1) is 24.0 Å². The van der Waals surface area contributed by atoms with Crippen LogP contribution >= 0.6 is 0 Å². The van der Waals surface area contributed by atoms with Gasteiger partial charge in [-0.1, -0.05) is 12.1 Å². The number of furan rings is 1. The van der Waals surface area contributed by atoms with Crippen molar-refractivity contribution >= 4 is 5.95 Å². The largest absolute Gasteiger partial charge is 0.464 e. The summed E-state index contributed by atoms with van der Waals surface area (Å²) in [5.74, 6) is 1.82. The molecule has 2 aromatic heterocycles. The van der Waals surface area contributed by atoms with Gasteiger partial charge in [-0.3, -0.25) is 0 Å². The van der Waals surface area contributed by atoms with E-state index in [0.29, 0.717) is 23.8 Å². The first-order chi connectivity index (χ1) is 11.8. The molecule has 0 aliphatic rings. The van der Waals surface area contributed by atoms with Crippen LogP contribution in [0.1, 0.15) is 17.1 Å². The minimum Gasteiger partial charge on any atom is -0.464 e. The van der Waals surface area contributed by atoms with E-state index in [-0.39, 0.29) is 0 Å². The Bertz CT molecular complexity index is 876. The number of halogens is 3. The van der Waals surface area contributed by atoms with Crippen molar-refractivity contribution in [2.24, 2.45) is 0 Å². The smallest absolute Gasteiger partial charge is 0.416 e. The summed E-state index contributed by atoms with van der Waals surface area (Å²) in [7, 11) is 1.75. The molecule has 0 atom stereocenters. The molecule has 0 aliphatic heterocycles. The van der Waals surface area contributed by atoms with Gasteiger partial charge in [0.2, 0.25) is 5.95 Å². The fourth-order valence-electron chi connectivity index (χ4n) is 2.32. The van der Waals surface area contributed by atoms with Gasteiger partial charge in [0.25, 0.3) is 0 Å². The van der Waals surface area contributed by atoms with Crippen molar-refractivity contribution in [3.8, 4) is 11.3 Å². The fraction of sp³-hybridized carbons (Fsp3) is 0.235. The molecule has 0 amide bonds. The molecule has 25 heavy (non-hydrogen) atoms. The fourth-order valence-corrected chi connectivity index (χ4v) is 2.32. The van der Waals surface area contributed by atoms with Gasteiger partial charge in [-0.05, 0) is 31.2 Å². The highest BCUT2D eigenvalue weighted by atomic mass is 19.4. The molecule has 0 spiro atoms. The van der Waals surface area contributed by atoms with E-state index in [2.05, 4.69) is 15.2 Å².